The van der Waals surface area contributed by atoms with E-state index < -0.39 is 0 Å². The van der Waals surface area contributed by atoms with Crippen molar-refractivity contribution in [3.8, 4) is 0 Å². The maximum Gasteiger partial charge on any atom is 0.196 e. The van der Waals surface area contributed by atoms with E-state index in [4.69, 9.17) is 21.8 Å². The lowest BCUT2D eigenvalue weighted by Gasteiger charge is -2.03. The lowest BCUT2D eigenvalue weighted by molar-refractivity contribution is 0.103. The molecule has 0 radical (unpaired) electrons. The van der Waals surface area contributed by atoms with Crippen LogP contribution in [0, 0.1) is 0 Å². The first kappa shape index (κ1) is 11.7. The molecule has 0 fully saturated rings. The number of aryl methyl sites for hydroxylation is 1. The standard InChI is InChI=1S/C13H12ClNO2/c1-2-12-9(5-6-17-12)13(16)8-3-4-11(15)10(14)7-8/h3-7H,2,15H2,1H3. The summed E-state index contributed by atoms with van der Waals surface area (Å²) in [6.07, 6.45) is 2.20. The molecule has 0 aliphatic carbocycles. The summed E-state index contributed by atoms with van der Waals surface area (Å²) in [6.45, 7) is 1.94. The van der Waals surface area contributed by atoms with E-state index >= 15 is 0 Å². The van der Waals surface area contributed by atoms with Crippen LogP contribution in [0.5, 0.6) is 0 Å². The Balaban J connectivity index is 2.40. The first-order chi connectivity index (χ1) is 8.13. The number of nitrogens with two attached hydrogens (primary N) is 1. The summed E-state index contributed by atoms with van der Waals surface area (Å²) in [7, 11) is 0. The molecule has 3 nitrogen and oxygen atoms in total. The fourth-order valence-corrected chi connectivity index (χ4v) is 1.82. The Bertz CT molecular complexity index is 560. The van der Waals surface area contributed by atoms with Crippen molar-refractivity contribution < 1.29 is 9.21 Å². The zero-order chi connectivity index (χ0) is 12.4. The van der Waals surface area contributed by atoms with Gasteiger partial charge in [0, 0.05) is 12.0 Å². The quantitative estimate of drug-likeness (QED) is 0.671. The molecule has 0 amide bonds. The third-order valence-corrected chi connectivity index (χ3v) is 2.90. The van der Waals surface area contributed by atoms with Crippen molar-refractivity contribution in [2.24, 2.45) is 0 Å². The Labute approximate surface area is 104 Å². The molecule has 0 spiro atoms. The van der Waals surface area contributed by atoms with Crippen molar-refractivity contribution in [1.29, 1.82) is 0 Å². The maximum atomic E-state index is 12.2. The minimum atomic E-state index is -0.0995. The number of rotatable bonds is 3. The van der Waals surface area contributed by atoms with Crippen LogP contribution in [0.25, 0.3) is 0 Å². The molecule has 1 aromatic carbocycles. The molecule has 1 heterocycles. The van der Waals surface area contributed by atoms with E-state index in [9.17, 15) is 4.79 Å². The van der Waals surface area contributed by atoms with Gasteiger partial charge in [-0.05, 0) is 24.3 Å². The molecule has 0 unspecified atom stereocenters. The van der Waals surface area contributed by atoms with Crippen molar-refractivity contribution in [3.05, 3.63) is 52.4 Å². The summed E-state index contributed by atoms with van der Waals surface area (Å²) in [4.78, 5) is 12.2. The molecule has 0 bridgehead atoms. The molecule has 0 saturated heterocycles. The van der Waals surface area contributed by atoms with Crippen LogP contribution in [-0.2, 0) is 6.42 Å². The molecule has 0 atom stereocenters. The number of hydrogen-bond donors (Lipinski definition) is 1. The highest BCUT2D eigenvalue weighted by Gasteiger charge is 2.15. The molecule has 2 N–H and O–H groups in total. The Kier molecular flexibility index (Phi) is 3.20. The Morgan fingerprint density at radius 1 is 1.41 bits per heavy atom. The molecule has 88 valence electrons. The van der Waals surface area contributed by atoms with Crippen molar-refractivity contribution >= 4 is 23.1 Å². The van der Waals surface area contributed by atoms with Gasteiger partial charge in [-0.3, -0.25) is 4.79 Å². The summed E-state index contributed by atoms with van der Waals surface area (Å²) in [6, 6.07) is 6.54. The number of halogens is 1. The maximum absolute atomic E-state index is 12.2. The summed E-state index contributed by atoms with van der Waals surface area (Å²) in [5.74, 6) is 0.584. The number of carbonyl (C=O) groups is 1. The first-order valence-corrected chi connectivity index (χ1v) is 5.67. The van der Waals surface area contributed by atoms with Gasteiger partial charge in [-0.2, -0.15) is 0 Å². The molecule has 0 saturated carbocycles. The SMILES string of the molecule is CCc1occc1C(=O)c1ccc(N)c(Cl)c1. The van der Waals surface area contributed by atoms with Crippen LogP contribution < -0.4 is 5.73 Å². The van der Waals surface area contributed by atoms with Gasteiger partial charge in [-0.25, -0.2) is 0 Å². The number of anilines is 1. The van der Waals surface area contributed by atoms with Gasteiger partial charge >= 0.3 is 0 Å². The molecule has 2 aromatic rings. The molecule has 4 heteroatoms. The Morgan fingerprint density at radius 3 is 2.82 bits per heavy atom. The summed E-state index contributed by atoms with van der Waals surface area (Å²) in [5.41, 5.74) is 7.16. The van der Waals surface area contributed by atoms with Gasteiger partial charge in [-0.1, -0.05) is 18.5 Å². The van der Waals surface area contributed by atoms with Gasteiger partial charge < -0.3 is 10.2 Å². The first-order valence-electron chi connectivity index (χ1n) is 5.29. The second kappa shape index (κ2) is 4.63. The second-order valence-electron chi connectivity index (χ2n) is 3.68. The van der Waals surface area contributed by atoms with Crippen LogP contribution in [0.15, 0.2) is 34.9 Å². The lowest BCUT2D eigenvalue weighted by atomic mass is 10.0. The number of ketones is 1. The fourth-order valence-electron chi connectivity index (χ4n) is 1.64. The summed E-state index contributed by atoms with van der Waals surface area (Å²) >= 11 is 5.89. The topological polar surface area (TPSA) is 56.2 Å². The number of hydrogen-bond acceptors (Lipinski definition) is 3. The molecule has 1 aromatic heterocycles. The summed E-state index contributed by atoms with van der Waals surface area (Å²) < 4.78 is 5.23. The van der Waals surface area contributed by atoms with E-state index in [1.54, 1.807) is 24.3 Å². The average molecular weight is 250 g/mol. The fraction of sp³-hybridized carbons (Fsp3) is 0.154. The van der Waals surface area contributed by atoms with Gasteiger partial charge in [0.25, 0.3) is 0 Å². The molecule has 17 heavy (non-hydrogen) atoms. The van der Waals surface area contributed by atoms with Crippen molar-refractivity contribution in [2.75, 3.05) is 5.73 Å². The average Bonchev–Trinajstić information content (AvgIpc) is 2.80. The zero-order valence-electron chi connectivity index (χ0n) is 9.37. The van der Waals surface area contributed by atoms with Crippen molar-refractivity contribution in [2.45, 2.75) is 13.3 Å². The van der Waals surface area contributed by atoms with Crippen molar-refractivity contribution in [1.82, 2.24) is 0 Å². The Hall–Kier alpha value is -1.74. The lowest BCUT2D eigenvalue weighted by Crippen LogP contribution is -2.03. The van der Waals surface area contributed by atoms with E-state index in [0.717, 1.165) is 0 Å². The minimum Gasteiger partial charge on any atom is -0.469 e. The van der Waals surface area contributed by atoms with E-state index in [2.05, 4.69) is 0 Å². The predicted octanol–water partition coefficient (Wildman–Crippen LogP) is 3.31. The van der Waals surface area contributed by atoms with Crippen LogP contribution >= 0.6 is 11.6 Å². The highest BCUT2D eigenvalue weighted by atomic mass is 35.5. The van der Waals surface area contributed by atoms with Crippen LogP contribution in [0.4, 0.5) is 5.69 Å². The van der Waals surface area contributed by atoms with Gasteiger partial charge in [0.2, 0.25) is 0 Å². The van der Waals surface area contributed by atoms with E-state index in [1.165, 1.54) is 6.26 Å². The molecular formula is C13H12ClNO2. The van der Waals surface area contributed by atoms with Gasteiger partial charge in [-0.15, -0.1) is 0 Å². The van der Waals surface area contributed by atoms with Gasteiger partial charge in [0.05, 0.1) is 22.5 Å². The minimum absolute atomic E-state index is 0.0995. The third kappa shape index (κ3) is 2.19. The largest absolute Gasteiger partial charge is 0.469 e. The molecular weight excluding hydrogens is 238 g/mol. The normalized spacial score (nSPS) is 10.5. The Morgan fingerprint density at radius 2 is 2.18 bits per heavy atom. The number of carbonyl (C=O) groups excluding carboxylic acids is 1. The van der Waals surface area contributed by atoms with Crippen LogP contribution in [-0.4, -0.2) is 5.78 Å². The third-order valence-electron chi connectivity index (χ3n) is 2.57. The highest BCUT2D eigenvalue weighted by molar-refractivity contribution is 6.33. The van der Waals surface area contributed by atoms with E-state index in [1.807, 2.05) is 6.92 Å². The van der Waals surface area contributed by atoms with E-state index in [0.29, 0.717) is 34.0 Å². The van der Waals surface area contributed by atoms with Gasteiger partial charge in [0.15, 0.2) is 5.78 Å². The van der Waals surface area contributed by atoms with Crippen LogP contribution in [0.3, 0.4) is 0 Å². The predicted molar refractivity (Wildman–Crippen MR) is 67.4 cm³/mol. The molecule has 0 aliphatic rings. The van der Waals surface area contributed by atoms with Crippen LogP contribution in [0.2, 0.25) is 5.02 Å². The van der Waals surface area contributed by atoms with Crippen LogP contribution in [0.1, 0.15) is 28.6 Å². The number of benzene rings is 1. The number of nitrogen functional groups attached to an aromatic ring is 1. The van der Waals surface area contributed by atoms with Gasteiger partial charge in [0.1, 0.15) is 5.76 Å². The monoisotopic (exact) mass is 249 g/mol. The zero-order valence-corrected chi connectivity index (χ0v) is 10.1. The smallest absolute Gasteiger partial charge is 0.196 e. The molecule has 0 aliphatic heterocycles. The van der Waals surface area contributed by atoms with E-state index in [-0.39, 0.29) is 5.78 Å². The number of furan rings is 1. The summed E-state index contributed by atoms with van der Waals surface area (Å²) in [5, 5.41) is 0.386. The second-order valence-corrected chi connectivity index (χ2v) is 4.08. The van der Waals surface area contributed by atoms with Crippen molar-refractivity contribution in [3.63, 3.8) is 0 Å². The molecule has 2 rings (SSSR count). The highest BCUT2D eigenvalue weighted by Crippen LogP contribution is 2.23.